The molecule has 58 heavy (non-hydrogen) atoms. The van der Waals surface area contributed by atoms with Gasteiger partial charge in [0.15, 0.2) is 17.9 Å². The van der Waals surface area contributed by atoms with Crippen molar-refractivity contribution in [3.8, 4) is 5.75 Å². The van der Waals surface area contributed by atoms with Gasteiger partial charge in [0.25, 0.3) is 11.5 Å². The lowest BCUT2D eigenvalue weighted by atomic mass is 10.1. The van der Waals surface area contributed by atoms with E-state index in [4.69, 9.17) is 30.1 Å². The molecule has 0 radical (unpaired) electrons. The Hall–Kier alpha value is -6.52. The highest BCUT2D eigenvalue weighted by molar-refractivity contribution is 7.46. The third-order valence-electron chi connectivity index (χ3n) is 8.14. The number of carboxylic acid groups (broad SMARTS) is 2. The second-order valence-electron chi connectivity index (χ2n) is 13.3. The van der Waals surface area contributed by atoms with Crippen molar-refractivity contribution >= 4 is 60.7 Å². The predicted octanol–water partition coefficient (Wildman–Crippen LogP) is 1.26. The number of carbonyl (C=O) groups excluding carboxylic acids is 3. The molecule has 0 aliphatic heterocycles. The number of carboxylic acids is 2. The largest absolute Gasteiger partial charge is 0.481 e. The summed E-state index contributed by atoms with van der Waals surface area (Å²) in [6.07, 6.45) is -1.16. The number of aliphatic carboxylic acids is 2. The summed E-state index contributed by atoms with van der Waals surface area (Å²) in [5.41, 5.74) is 5.57. The Morgan fingerprint density at radius 1 is 1.00 bits per heavy atom. The van der Waals surface area contributed by atoms with E-state index < -0.39 is 55.9 Å². The Bertz CT molecular complexity index is 2250. The van der Waals surface area contributed by atoms with E-state index in [0.29, 0.717) is 5.56 Å². The molecule has 2 heterocycles. The second kappa shape index (κ2) is 19.1. The van der Waals surface area contributed by atoms with Crippen LogP contribution in [0.4, 0.5) is 21.2 Å². The summed E-state index contributed by atoms with van der Waals surface area (Å²) in [5, 5.41) is 20.6. The molecule has 4 aromatic rings. The van der Waals surface area contributed by atoms with Crippen LogP contribution in [0.25, 0.3) is 11.2 Å². The number of carbonyl (C=O) groups is 5. The van der Waals surface area contributed by atoms with Crippen LogP contribution in [0.3, 0.4) is 0 Å². The smallest absolute Gasteiger partial charge is 0.474 e. The van der Waals surface area contributed by atoms with E-state index in [1.165, 1.54) is 54.5 Å². The SMILES string of the molecule is CN(CC[N+](C)(C)COP(=O)(O)O)C(=O)Oc1ccc(COC(=O)N(Cc2cnc3nc(N)[nH]c(=O)c3n2)c2ccc(C(=O)NC(CCC(=O)O)C(=O)O)cc2)cc1. The first-order valence-corrected chi connectivity index (χ1v) is 18.6. The van der Waals surface area contributed by atoms with Crippen molar-refractivity contribution in [3.05, 3.63) is 81.9 Å². The molecule has 0 saturated carbocycles. The third kappa shape index (κ3) is 13.3. The van der Waals surface area contributed by atoms with Gasteiger partial charge < -0.3 is 49.9 Å². The number of likely N-dealkylation sites (N-methyl/N-ethyl adjacent to an activating group) is 2. The van der Waals surface area contributed by atoms with Gasteiger partial charge in [0.05, 0.1) is 45.6 Å². The molecule has 24 heteroatoms. The molecule has 23 nitrogen and oxygen atoms in total. The number of ether oxygens (including phenoxy) is 2. The number of hydrogen-bond acceptors (Lipinski definition) is 14. The monoisotopic (exact) mass is 830 g/mol. The van der Waals surface area contributed by atoms with E-state index in [0.717, 1.165) is 4.90 Å². The van der Waals surface area contributed by atoms with E-state index in [1.54, 1.807) is 26.2 Å². The first-order valence-electron chi connectivity index (χ1n) is 17.0. The second-order valence-corrected chi connectivity index (χ2v) is 14.5. The number of nitrogen functional groups attached to an aromatic ring is 1. The number of rotatable bonds is 18. The Morgan fingerprint density at radius 3 is 2.29 bits per heavy atom. The number of hydrogen-bond donors (Lipinski definition) is 7. The maximum absolute atomic E-state index is 13.6. The van der Waals surface area contributed by atoms with E-state index in [2.05, 4.69) is 29.8 Å². The van der Waals surface area contributed by atoms with Gasteiger partial charge in [0.1, 0.15) is 18.4 Å². The van der Waals surface area contributed by atoms with Crippen LogP contribution in [-0.4, -0.2) is 126 Å². The molecule has 1 unspecified atom stereocenters. The van der Waals surface area contributed by atoms with Crippen LogP contribution in [0.1, 0.15) is 34.5 Å². The molecule has 0 aliphatic rings. The van der Waals surface area contributed by atoms with Crippen molar-refractivity contribution in [1.82, 2.24) is 30.2 Å². The number of anilines is 2. The summed E-state index contributed by atoms with van der Waals surface area (Å²) < 4.78 is 26.6. The van der Waals surface area contributed by atoms with Crippen LogP contribution in [-0.2, 0) is 36.6 Å². The molecule has 3 amide bonds. The summed E-state index contributed by atoms with van der Waals surface area (Å²) in [6, 6.07) is 9.96. The molecule has 4 rings (SSSR count). The van der Waals surface area contributed by atoms with E-state index >= 15 is 0 Å². The number of nitrogens with one attached hydrogen (secondary N) is 2. The van der Waals surface area contributed by atoms with E-state index in [1.807, 2.05) is 0 Å². The fraction of sp³-hybridized carbons (Fsp3) is 0.324. The molecule has 1 atom stereocenters. The average Bonchev–Trinajstić information content (AvgIpc) is 3.16. The molecule has 2 aromatic carbocycles. The number of fused-ring (bicyclic) bond motifs is 1. The number of nitrogens with zero attached hydrogens (tertiary/aromatic N) is 6. The maximum atomic E-state index is 13.6. The van der Waals surface area contributed by atoms with Gasteiger partial charge in [-0.15, -0.1) is 0 Å². The molecule has 8 N–H and O–H groups in total. The van der Waals surface area contributed by atoms with Crippen LogP contribution in [0.2, 0.25) is 0 Å². The fourth-order valence-corrected chi connectivity index (χ4v) is 5.36. The lowest BCUT2D eigenvalue weighted by Gasteiger charge is -2.30. The predicted molar refractivity (Wildman–Crippen MR) is 201 cm³/mol. The summed E-state index contributed by atoms with van der Waals surface area (Å²) in [4.78, 5) is 109. The average molecular weight is 831 g/mol. The molecular weight excluding hydrogens is 789 g/mol. The molecule has 0 saturated heterocycles. The molecular formula is C34H41N9O14P+. The van der Waals surface area contributed by atoms with Gasteiger partial charge in [0, 0.05) is 24.7 Å². The molecule has 310 valence electrons. The van der Waals surface area contributed by atoms with Crippen molar-refractivity contribution < 1.29 is 67.0 Å². The van der Waals surface area contributed by atoms with Crippen molar-refractivity contribution in [1.29, 1.82) is 0 Å². The van der Waals surface area contributed by atoms with E-state index in [-0.39, 0.29) is 83.7 Å². The molecule has 2 aromatic heterocycles. The van der Waals surface area contributed by atoms with Crippen LogP contribution >= 0.6 is 7.82 Å². The standard InChI is InChI=1S/C34H40N9O14P/c1-41(14-15-43(2,3)19-56-58(52,53)54)33(50)57-24-10-4-20(5-11-24)18-55-34(51)42(17-22-16-36-28-27(37-22)30(47)40-32(35)39-28)23-8-6-21(7-9-23)29(46)38-25(31(48)49)12-13-26(44)45/h4-11,16,25H,12-15,17-19H2,1-3H3,(H7-,35,36,38,39,40,44,45,46,47,48,49,52,53,54)/p+1. The van der Waals surface area contributed by atoms with Gasteiger partial charge in [-0.1, -0.05) is 12.1 Å². The molecule has 0 bridgehead atoms. The summed E-state index contributed by atoms with van der Waals surface area (Å²) in [6.45, 7) is -0.379. The highest BCUT2D eigenvalue weighted by Gasteiger charge is 2.26. The van der Waals surface area contributed by atoms with Crippen molar-refractivity contribution in [3.63, 3.8) is 0 Å². The Balaban J connectivity index is 1.45. The van der Waals surface area contributed by atoms with Gasteiger partial charge >= 0.3 is 31.9 Å². The number of quaternary nitrogens is 1. The normalized spacial score (nSPS) is 12.0. The number of aromatic amines is 1. The fourth-order valence-electron chi connectivity index (χ4n) is 4.89. The van der Waals surface area contributed by atoms with Gasteiger partial charge in [-0.3, -0.25) is 24.3 Å². The van der Waals surface area contributed by atoms with Crippen LogP contribution in [0, 0.1) is 0 Å². The van der Waals surface area contributed by atoms with Crippen LogP contribution < -0.4 is 26.2 Å². The number of phosphoric acid groups is 1. The minimum absolute atomic E-state index is 0.00195. The zero-order chi connectivity index (χ0) is 42.8. The topological polar surface area (TPSA) is 327 Å². The van der Waals surface area contributed by atoms with E-state index in [9.17, 15) is 38.4 Å². The Labute approximate surface area is 328 Å². The number of amides is 3. The first kappa shape index (κ1) is 44.2. The highest BCUT2D eigenvalue weighted by Crippen LogP contribution is 2.36. The van der Waals surface area contributed by atoms with Gasteiger partial charge in [-0.25, -0.2) is 33.4 Å². The zero-order valence-corrected chi connectivity index (χ0v) is 32.2. The lowest BCUT2D eigenvalue weighted by molar-refractivity contribution is -0.905. The summed E-state index contributed by atoms with van der Waals surface area (Å²) in [5.74, 6) is -3.45. The Morgan fingerprint density at radius 2 is 1.67 bits per heavy atom. The number of benzene rings is 2. The zero-order valence-electron chi connectivity index (χ0n) is 31.3. The highest BCUT2D eigenvalue weighted by atomic mass is 31.2. The lowest BCUT2D eigenvalue weighted by Crippen LogP contribution is -2.47. The number of H-pyrrole nitrogens is 1. The number of phosphoric ester groups is 1. The molecule has 0 aliphatic carbocycles. The summed E-state index contributed by atoms with van der Waals surface area (Å²) >= 11 is 0. The minimum atomic E-state index is -4.66. The third-order valence-corrected chi connectivity index (χ3v) is 8.59. The van der Waals surface area contributed by atoms with Crippen molar-refractivity contribution in [2.24, 2.45) is 0 Å². The van der Waals surface area contributed by atoms with Crippen molar-refractivity contribution in [2.75, 3.05) is 51.6 Å². The minimum Gasteiger partial charge on any atom is -0.481 e. The van der Waals surface area contributed by atoms with Crippen molar-refractivity contribution in [2.45, 2.75) is 32.0 Å². The van der Waals surface area contributed by atoms with Gasteiger partial charge in [0.2, 0.25) is 5.95 Å². The van der Waals surface area contributed by atoms with Gasteiger partial charge in [-0.2, -0.15) is 4.98 Å². The quantitative estimate of drug-likeness (QED) is 0.0421. The van der Waals surface area contributed by atoms with Gasteiger partial charge in [-0.05, 0) is 48.4 Å². The molecule has 0 spiro atoms. The summed E-state index contributed by atoms with van der Waals surface area (Å²) in [7, 11) is 0.164. The molecule has 0 fully saturated rings. The first-order chi connectivity index (χ1) is 27.2. The number of nitrogens with two attached hydrogens (primary N) is 1. The Kier molecular flexibility index (Phi) is 14.5. The van der Waals surface area contributed by atoms with Crippen LogP contribution in [0.5, 0.6) is 5.75 Å². The van der Waals surface area contributed by atoms with Crippen LogP contribution in [0.15, 0.2) is 59.5 Å². The number of aromatic nitrogens is 4. The maximum Gasteiger partial charge on any atom is 0.474 e.